The highest BCUT2D eigenvalue weighted by Crippen LogP contribution is 2.32. The molecule has 1 aromatic carbocycles. The predicted molar refractivity (Wildman–Crippen MR) is 97.9 cm³/mol. The molecule has 0 spiro atoms. The van der Waals surface area contributed by atoms with Gasteiger partial charge in [0.25, 0.3) is 5.91 Å². The maximum Gasteiger partial charge on any atom is 0.256 e. The first-order valence-electron chi connectivity index (χ1n) is 9.59. The average Bonchev–Trinajstić information content (AvgIpc) is 3.12. The molecule has 0 aliphatic carbocycles. The van der Waals surface area contributed by atoms with Crippen molar-refractivity contribution in [3.05, 3.63) is 29.8 Å². The summed E-state index contributed by atoms with van der Waals surface area (Å²) in [6, 6.07) is 6.92. The molecule has 2 saturated heterocycles. The Morgan fingerprint density at radius 3 is 2.69 bits per heavy atom. The molecule has 3 amide bonds. The van der Waals surface area contributed by atoms with Crippen molar-refractivity contribution in [2.45, 2.75) is 51.1 Å². The Morgan fingerprint density at radius 2 is 1.88 bits per heavy atom. The molecule has 6 heteroatoms. The van der Waals surface area contributed by atoms with E-state index < -0.39 is 6.04 Å². The van der Waals surface area contributed by atoms with E-state index in [1.807, 2.05) is 17.0 Å². The quantitative estimate of drug-likeness (QED) is 0.816. The highest BCUT2D eigenvalue weighted by Gasteiger charge is 2.42. The number of para-hydroxylation sites is 1. The molecule has 4 rings (SSSR count). The van der Waals surface area contributed by atoms with E-state index in [0.717, 1.165) is 32.2 Å². The van der Waals surface area contributed by atoms with Gasteiger partial charge >= 0.3 is 0 Å². The number of likely N-dealkylation sites (tertiary alicyclic amines) is 1. The van der Waals surface area contributed by atoms with Gasteiger partial charge in [0.1, 0.15) is 12.6 Å². The van der Waals surface area contributed by atoms with Crippen LogP contribution >= 0.6 is 0 Å². The molecule has 0 N–H and O–H groups in total. The normalized spacial score (nSPS) is 25.8. The number of nitrogens with zero attached hydrogens (tertiary/aromatic N) is 3. The molecule has 0 bridgehead atoms. The molecule has 1 aromatic rings. The van der Waals surface area contributed by atoms with Gasteiger partial charge in [0.15, 0.2) is 0 Å². The van der Waals surface area contributed by atoms with Gasteiger partial charge < -0.3 is 14.7 Å². The summed E-state index contributed by atoms with van der Waals surface area (Å²) in [5, 5.41) is 0. The number of carbonyl (C=O) groups excluding carboxylic acids is 3. The standard InChI is InChI=1S/C20H25N3O3/c1-14-7-4-5-11-21(14)18(24)13-23-16-9-3-2-8-15(16)19(25)22-12-6-10-17(22)20(23)26/h2-3,8-9,14,17H,4-7,10-13H2,1H3/t14-,17-/m1/s1. The topological polar surface area (TPSA) is 60.9 Å². The summed E-state index contributed by atoms with van der Waals surface area (Å²) < 4.78 is 0. The Bertz CT molecular complexity index is 748. The van der Waals surface area contributed by atoms with Gasteiger partial charge in [-0.1, -0.05) is 12.1 Å². The predicted octanol–water partition coefficient (Wildman–Crippen LogP) is 2.04. The molecular formula is C20H25N3O3. The number of hydrogen-bond donors (Lipinski definition) is 0. The van der Waals surface area contributed by atoms with Crippen molar-refractivity contribution in [3.63, 3.8) is 0 Å². The Labute approximate surface area is 153 Å². The second kappa shape index (κ2) is 6.74. The minimum Gasteiger partial charge on any atom is -0.338 e. The van der Waals surface area contributed by atoms with Crippen LogP contribution in [0.15, 0.2) is 24.3 Å². The highest BCUT2D eigenvalue weighted by atomic mass is 16.2. The van der Waals surface area contributed by atoms with Crippen LogP contribution in [0.3, 0.4) is 0 Å². The summed E-state index contributed by atoms with van der Waals surface area (Å²) in [6.45, 7) is 3.43. The van der Waals surface area contributed by atoms with E-state index in [0.29, 0.717) is 24.2 Å². The SMILES string of the molecule is C[C@@H]1CCCCN1C(=O)CN1C(=O)[C@H]2CCCN2C(=O)c2ccccc21. The number of fused-ring (bicyclic) bond motifs is 2. The smallest absolute Gasteiger partial charge is 0.256 e. The van der Waals surface area contributed by atoms with E-state index in [-0.39, 0.29) is 30.3 Å². The zero-order valence-electron chi connectivity index (χ0n) is 15.2. The van der Waals surface area contributed by atoms with Crippen molar-refractivity contribution < 1.29 is 14.4 Å². The van der Waals surface area contributed by atoms with E-state index in [2.05, 4.69) is 6.92 Å². The summed E-state index contributed by atoms with van der Waals surface area (Å²) in [5.41, 5.74) is 1.08. The molecule has 2 fully saturated rings. The summed E-state index contributed by atoms with van der Waals surface area (Å²) in [7, 11) is 0. The van der Waals surface area contributed by atoms with Crippen molar-refractivity contribution >= 4 is 23.4 Å². The van der Waals surface area contributed by atoms with Gasteiger partial charge in [-0.05, 0) is 51.2 Å². The van der Waals surface area contributed by atoms with Crippen LogP contribution in [0.2, 0.25) is 0 Å². The molecule has 0 radical (unpaired) electrons. The number of anilines is 1. The number of piperidine rings is 1. The van der Waals surface area contributed by atoms with Crippen molar-refractivity contribution in [1.29, 1.82) is 0 Å². The molecule has 2 atom stereocenters. The first-order valence-corrected chi connectivity index (χ1v) is 9.59. The minimum absolute atomic E-state index is 0.0117. The summed E-state index contributed by atoms with van der Waals surface area (Å²) in [4.78, 5) is 44.2. The van der Waals surface area contributed by atoms with Gasteiger partial charge in [0, 0.05) is 19.1 Å². The van der Waals surface area contributed by atoms with E-state index in [4.69, 9.17) is 0 Å². The van der Waals surface area contributed by atoms with Crippen molar-refractivity contribution in [2.75, 3.05) is 24.5 Å². The lowest BCUT2D eigenvalue weighted by molar-refractivity contribution is -0.134. The van der Waals surface area contributed by atoms with Gasteiger partial charge in [-0.25, -0.2) is 0 Å². The molecule has 3 aliphatic heterocycles. The first-order chi connectivity index (χ1) is 12.6. The van der Waals surface area contributed by atoms with Gasteiger partial charge in [0.05, 0.1) is 11.3 Å². The highest BCUT2D eigenvalue weighted by molar-refractivity contribution is 6.12. The largest absolute Gasteiger partial charge is 0.338 e. The molecule has 0 saturated carbocycles. The van der Waals surface area contributed by atoms with E-state index in [1.54, 1.807) is 21.9 Å². The monoisotopic (exact) mass is 355 g/mol. The van der Waals surface area contributed by atoms with Crippen LogP contribution in [0.1, 0.15) is 49.4 Å². The fraction of sp³-hybridized carbons (Fsp3) is 0.550. The summed E-state index contributed by atoms with van der Waals surface area (Å²) >= 11 is 0. The molecular weight excluding hydrogens is 330 g/mol. The summed E-state index contributed by atoms with van der Waals surface area (Å²) in [5.74, 6) is -0.254. The van der Waals surface area contributed by atoms with Crippen LogP contribution in [0.5, 0.6) is 0 Å². The van der Waals surface area contributed by atoms with Crippen LogP contribution in [0, 0.1) is 0 Å². The molecule has 3 aliphatic rings. The minimum atomic E-state index is -0.443. The zero-order chi connectivity index (χ0) is 18.3. The lowest BCUT2D eigenvalue weighted by atomic mass is 10.0. The van der Waals surface area contributed by atoms with E-state index in [1.165, 1.54) is 0 Å². The van der Waals surface area contributed by atoms with Gasteiger partial charge in [0.2, 0.25) is 11.8 Å². The zero-order valence-corrected chi connectivity index (χ0v) is 15.2. The second-order valence-electron chi connectivity index (χ2n) is 7.53. The molecule has 26 heavy (non-hydrogen) atoms. The van der Waals surface area contributed by atoms with Crippen molar-refractivity contribution in [1.82, 2.24) is 9.80 Å². The van der Waals surface area contributed by atoms with Crippen LogP contribution in [-0.2, 0) is 9.59 Å². The molecule has 3 heterocycles. The maximum absolute atomic E-state index is 13.2. The van der Waals surface area contributed by atoms with Gasteiger partial charge in [-0.2, -0.15) is 0 Å². The first kappa shape index (κ1) is 17.1. The third kappa shape index (κ3) is 2.77. The fourth-order valence-corrected chi connectivity index (χ4v) is 4.47. The van der Waals surface area contributed by atoms with Crippen molar-refractivity contribution in [3.8, 4) is 0 Å². The Balaban J connectivity index is 1.67. The van der Waals surface area contributed by atoms with Crippen LogP contribution in [0.25, 0.3) is 0 Å². The van der Waals surface area contributed by atoms with Gasteiger partial charge in [-0.15, -0.1) is 0 Å². The number of benzene rings is 1. The van der Waals surface area contributed by atoms with Crippen molar-refractivity contribution in [2.24, 2.45) is 0 Å². The molecule has 138 valence electrons. The van der Waals surface area contributed by atoms with E-state index >= 15 is 0 Å². The third-order valence-electron chi connectivity index (χ3n) is 5.91. The molecule has 0 aromatic heterocycles. The second-order valence-corrected chi connectivity index (χ2v) is 7.53. The van der Waals surface area contributed by atoms with Gasteiger partial charge in [-0.3, -0.25) is 14.4 Å². The van der Waals surface area contributed by atoms with E-state index in [9.17, 15) is 14.4 Å². The number of rotatable bonds is 2. The number of carbonyl (C=O) groups is 3. The van der Waals surface area contributed by atoms with Crippen LogP contribution in [0.4, 0.5) is 5.69 Å². The van der Waals surface area contributed by atoms with Crippen LogP contribution in [-0.4, -0.2) is 59.2 Å². The Hall–Kier alpha value is -2.37. The number of hydrogen-bond acceptors (Lipinski definition) is 3. The molecule has 6 nitrogen and oxygen atoms in total. The lowest BCUT2D eigenvalue weighted by Crippen LogP contribution is -2.51. The maximum atomic E-state index is 13.2. The number of amides is 3. The molecule has 0 unspecified atom stereocenters. The summed E-state index contributed by atoms with van der Waals surface area (Å²) in [6.07, 6.45) is 4.65. The Kier molecular flexibility index (Phi) is 4.42. The average molecular weight is 355 g/mol. The lowest BCUT2D eigenvalue weighted by Gasteiger charge is -2.35. The Morgan fingerprint density at radius 1 is 1.08 bits per heavy atom. The third-order valence-corrected chi connectivity index (χ3v) is 5.91. The fourth-order valence-electron chi connectivity index (χ4n) is 4.47. The van der Waals surface area contributed by atoms with Crippen LogP contribution < -0.4 is 4.90 Å².